The molecule has 0 radical (unpaired) electrons. The smallest absolute Gasteiger partial charge is 0.128 e. The van der Waals surface area contributed by atoms with Gasteiger partial charge in [0.05, 0.1) is 18.2 Å². The van der Waals surface area contributed by atoms with Gasteiger partial charge in [-0.15, -0.1) is 0 Å². The minimum absolute atomic E-state index is 0.584. The van der Waals surface area contributed by atoms with Crippen LogP contribution in [0.3, 0.4) is 0 Å². The van der Waals surface area contributed by atoms with E-state index in [1.54, 1.807) is 31.2 Å². The number of fused-ring (bicyclic) bond motifs is 1. The summed E-state index contributed by atoms with van der Waals surface area (Å²) < 4.78 is 5.79. The second kappa shape index (κ2) is 5.23. The van der Waals surface area contributed by atoms with Crippen LogP contribution in [0.1, 0.15) is 35.6 Å². The molecule has 0 spiro atoms. The fourth-order valence-corrected chi connectivity index (χ4v) is 2.80. The molecule has 0 aliphatic carbocycles. The van der Waals surface area contributed by atoms with Crippen molar-refractivity contribution < 1.29 is 9.84 Å². The molecular weight excluding hydrogens is 262 g/mol. The molecule has 2 aromatic rings. The predicted octanol–water partition coefficient (Wildman–Crippen LogP) is 3.14. The molecule has 1 N–H and O–H groups in total. The molecule has 3 nitrogen and oxygen atoms in total. The molecule has 1 heterocycles. The highest BCUT2D eigenvalue weighted by Crippen LogP contribution is 2.39. The largest absolute Gasteiger partial charge is 0.493 e. The van der Waals surface area contributed by atoms with Gasteiger partial charge in [0, 0.05) is 5.56 Å². The van der Waals surface area contributed by atoms with Crippen molar-refractivity contribution in [1.29, 1.82) is 5.26 Å². The number of hydrogen-bond acceptors (Lipinski definition) is 3. The first-order valence-electron chi connectivity index (χ1n) is 7.11. The minimum atomic E-state index is -1.14. The SMILES string of the molecule is CC(O)(c1ccc(C#N)cc1)c1cccc2c1OCCC2. The molecule has 3 rings (SSSR count). The summed E-state index contributed by atoms with van der Waals surface area (Å²) in [6, 6.07) is 15.0. The van der Waals surface area contributed by atoms with Crippen molar-refractivity contribution in [3.05, 3.63) is 64.7 Å². The van der Waals surface area contributed by atoms with Crippen LogP contribution < -0.4 is 4.74 Å². The zero-order valence-electron chi connectivity index (χ0n) is 12.0. The summed E-state index contributed by atoms with van der Waals surface area (Å²) in [5, 5.41) is 19.9. The third kappa shape index (κ3) is 2.39. The zero-order valence-corrected chi connectivity index (χ0v) is 12.0. The van der Waals surface area contributed by atoms with Crippen molar-refractivity contribution in [2.75, 3.05) is 6.61 Å². The normalized spacial score (nSPS) is 16.2. The summed E-state index contributed by atoms with van der Waals surface area (Å²) in [7, 11) is 0. The van der Waals surface area contributed by atoms with E-state index in [1.165, 1.54) is 0 Å². The Morgan fingerprint density at radius 3 is 2.67 bits per heavy atom. The fraction of sp³-hybridized carbons (Fsp3) is 0.278. The first-order chi connectivity index (χ1) is 10.1. The number of aliphatic hydroxyl groups is 1. The van der Waals surface area contributed by atoms with E-state index in [4.69, 9.17) is 10.00 Å². The van der Waals surface area contributed by atoms with Gasteiger partial charge in [0.1, 0.15) is 11.4 Å². The van der Waals surface area contributed by atoms with Gasteiger partial charge in [0.25, 0.3) is 0 Å². The lowest BCUT2D eigenvalue weighted by Gasteiger charge is -2.29. The van der Waals surface area contributed by atoms with Gasteiger partial charge in [-0.25, -0.2) is 0 Å². The molecule has 0 saturated carbocycles. The van der Waals surface area contributed by atoms with Crippen LogP contribution in [-0.2, 0) is 12.0 Å². The highest BCUT2D eigenvalue weighted by molar-refractivity contribution is 5.50. The van der Waals surface area contributed by atoms with Gasteiger partial charge in [-0.3, -0.25) is 0 Å². The third-order valence-corrected chi connectivity index (χ3v) is 4.03. The molecule has 2 aromatic carbocycles. The Labute approximate surface area is 124 Å². The molecule has 3 heteroatoms. The van der Waals surface area contributed by atoms with Crippen molar-refractivity contribution in [1.82, 2.24) is 0 Å². The Morgan fingerprint density at radius 1 is 1.19 bits per heavy atom. The number of nitriles is 1. The second-order valence-electron chi connectivity index (χ2n) is 5.51. The number of nitrogens with zero attached hydrogens (tertiary/aromatic N) is 1. The molecule has 0 bridgehead atoms. The van der Waals surface area contributed by atoms with Crippen LogP contribution in [-0.4, -0.2) is 11.7 Å². The summed E-state index contributed by atoms with van der Waals surface area (Å²) in [5.74, 6) is 0.804. The predicted molar refractivity (Wildman–Crippen MR) is 80.1 cm³/mol. The average Bonchev–Trinajstić information content (AvgIpc) is 2.54. The van der Waals surface area contributed by atoms with E-state index in [2.05, 4.69) is 6.07 Å². The molecule has 0 fully saturated rings. The maximum Gasteiger partial charge on any atom is 0.128 e. The van der Waals surface area contributed by atoms with E-state index >= 15 is 0 Å². The number of aryl methyl sites for hydroxylation is 1. The number of hydrogen-bond donors (Lipinski definition) is 1. The number of rotatable bonds is 2. The number of benzene rings is 2. The fourth-order valence-electron chi connectivity index (χ4n) is 2.80. The molecule has 0 aromatic heterocycles. The Morgan fingerprint density at radius 2 is 1.95 bits per heavy atom. The van der Waals surface area contributed by atoms with Gasteiger partial charge in [0.15, 0.2) is 0 Å². The standard InChI is InChI=1S/C18H17NO2/c1-18(20,15-9-7-13(12-19)8-10-15)16-6-2-4-14-5-3-11-21-17(14)16/h2,4,6-10,20H,3,5,11H2,1H3. The monoisotopic (exact) mass is 279 g/mol. The Bertz CT molecular complexity index is 696. The highest BCUT2D eigenvalue weighted by atomic mass is 16.5. The van der Waals surface area contributed by atoms with E-state index in [0.29, 0.717) is 12.2 Å². The lowest BCUT2D eigenvalue weighted by Crippen LogP contribution is -2.25. The zero-order chi connectivity index (χ0) is 14.9. The van der Waals surface area contributed by atoms with E-state index in [-0.39, 0.29) is 0 Å². The molecule has 1 unspecified atom stereocenters. The van der Waals surface area contributed by atoms with E-state index in [1.807, 2.05) is 18.2 Å². The molecule has 1 aliphatic rings. The number of ether oxygens (including phenoxy) is 1. The van der Waals surface area contributed by atoms with Crippen molar-refractivity contribution in [3.63, 3.8) is 0 Å². The van der Waals surface area contributed by atoms with Crippen LogP contribution in [0.2, 0.25) is 0 Å². The van der Waals surface area contributed by atoms with E-state index < -0.39 is 5.60 Å². The quantitative estimate of drug-likeness (QED) is 0.918. The lowest BCUT2D eigenvalue weighted by molar-refractivity contribution is 0.0968. The van der Waals surface area contributed by atoms with Crippen LogP contribution in [0.5, 0.6) is 5.75 Å². The summed E-state index contributed by atoms with van der Waals surface area (Å²) >= 11 is 0. The van der Waals surface area contributed by atoms with Crippen molar-refractivity contribution in [2.24, 2.45) is 0 Å². The van der Waals surface area contributed by atoms with Gasteiger partial charge >= 0.3 is 0 Å². The molecule has 0 saturated heterocycles. The topological polar surface area (TPSA) is 53.2 Å². The van der Waals surface area contributed by atoms with Gasteiger partial charge in [-0.05, 0) is 43.0 Å². The third-order valence-electron chi connectivity index (χ3n) is 4.03. The second-order valence-corrected chi connectivity index (χ2v) is 5.51. The van der Waals surface area contributed by atoms with Gasteiger partial charge in [-0.2, -0.15) is 5.26 Å². The van der Waals surface area contributed by atoms with Crippen molar-refractivity contribution in [2.45, 2.75) is 25.4 Å². The Balaban J connectivity index is 2.07. The number of para-hydroxylation sites is 1. The van der Waals surface area contributed by atoms with Gasteiger partial charge < -0.3 is 9.84 Å². The van der Waals surface area contributed by atoms with E-state index in [0.717, 1.165) is 35.3 Å². The Kier molecular flexibility index (Phi) is 3.40. The average molecular weight is 279 g/mol. The molecule has 21 heavy (non-hydrogen) atoms. The molecule has 1 atom stereocenters. The Hall–Kier alpha value is -2.31. The first kappa shape index (κ1) is 13.7. The maximum atomic E-state index is 11.0. The highest BCUT2D eigenvalue weighted by Gasteiger charge is 2.31. The maximum absolute atomic E-state index is 11.0. The lowest BCUT2D eigenvalue weighted by atomic mass is 9.85. The van der Waals surface area contributed by atoms with Crippen LogP contribution in [0.15, 0.2) is 42.5 Å². The molecule has 1 aliphatic heterocycles. The van der Waals surface area contributed by atoms with Crippen LogP contribution in [0.25, 0.3) is 0 Å². The van der Waals surface area contributed by atoms with Crippen molar-refractivity contribution in [3.8, 4) is 11.8 Å². The van der Waals surface area contributed by atoms with Gasteiger partial charge in [0.2, 0.25) is 0 Å². The summed E-state index contributed by atoms with van der Waals surface area (Å²) in [5.41, 5.74) is 2.12. The van der Waals surface area contributed by atoms with Crippen molar-refractivity contribution >= 4 is 0 Å². The summed E-state index contributed by atoms with van der Waals surface area (Å²) in [6.45, 7) is 2.45. The van der Waals surface area contributed by atoms with Crippen LogP contribution >= 0.6 is 0 Å². The first-order valence-corrected chi connectivity index (χ1v) is 7.11. The van der Waals surface area contributed by atoms with Crippen LogP contribution in [0, 0.1) is 11.3 Å². The van der Waals surface area contributed by atoms with Gasteiger partial charge in [-0.1, -0.05) is 30.3 Å². The summed E-state index contributed by atoms with van der Waals surface area (Å²) in [6.07, 6.45) is 1.99. The van der Waals surface area contributed by atoms with Crippen LogP contribution in [0.4, 0.5) is 0 Å². The van der Waals surface area contributed by atoms with E-state index in [9.17, 15) is 5.11 Å². The molecule has 0 amide bonds. The minimum Gasteiger partial charge on any atom is -0.493 e. The molecule has 106 valence electrons. The molecular formula is C18H17NO2. The summed E-state index contributed by atoms with van der Waals surface area (Å²) in [4.78, 5) is 0.